The zero-order valence-electron chi connectivity index (χ0n) is 9.28. The Morgan fingerprint density at radius 2 is 2.00 bits per heavy atom. The average molecular weight is 216 g/mol. The maximum atomic E-state index is 11.7. The molecule has 3 heteroatoms. The third-order valence-corrected chi connectivity index (χ3v) is 3.59. The lowest BCUT2D eigenvalue weighted by molar-refractivity contribution is 0.436. The van der Waals surface area contributed by atoms with Crippen LogP contribution >= 0.6 is 0 Å². The van der Waals surface area contributed by atoms with E-state index in [1.54, 1.807) is 0 Å². The van der Waals surface area contributed by atoms with Crippen LogP contribution in [0.2, 0.25) is 0 Å². The summed E-state index contributed by atoms with van der Waals surface area (Å²) >= 11 is 0. The summed E-state index contributed by atoms with van der Waals surface area (Å²) in [6.07, 6.45) is 5.28. The molecule has 1 fully saturated rings. The second-order valence-electron chi connectivity index (χ2n) is 4.72. The summed E-state index contributed by atoms with van der Waals surface area (Å²) in [6, 6.07) is 7.81. The van der Waals surface area contributed by atoms with Crippen LogP contribution in [-0.4, -0.2) is 9.78 Å². The highest BCUT2D eigenvalue weighted by Crippen LogP contribution is 2.26. The molecule has 3 rings (SSSR count). The Hall–Kier alpha value is -1.51. The summed E-state index contributed by atoms with van der Waals surface area (Å²) < 4.78 is 2.02. The number of fused-ring (bicyclic) bond motifs is 1. The monoisotopic (exact) mass is 216 g/mol. The van der Waals surface area contributed by atoms with Crippen molar-refractivity contribution in [2.24, 2.45) is 5.92 Å². The Morgan fingerprint density at radius 1 is 1.25 bits per heavy atom. The quantitative estimate of drug-likeness (QED) is 0.823. The molecule has 0 saturated heterocycles. The molecule has 0 radical (unpaired) electrons. The van der Waals surface area contributed by atoms with E-state index in [0.717, 1.165) is 23.4 Å². The van der Waals surface area contributed by atoms with Crippen molar-refractivity contribution in [3.05, 3.63) is 34.6 Å². The van der Waals surface area contributed by atoms with Gasteiger partial charge in [-0.05, 0) is 30.9 Å². The molecule has 0 atom stereocenters. The smallest absolute Gasteiger partial charge is 0.271 e. The summed E-state index contributed by atoms with van der Waals surface area (Å²) in [5.41, 5.74) is 1.08. The molecule has 1 heterocycles. The highest BCUT2D eigenvalue weighted by Gasteiger charge is 2.16. The predicted octanol–water partition coefficient (Wildman–Crippen LogP) is 2.52. The van der Waals surface area contributed by atoms with Crippen LogP contribution < -0.4 is 5.56 Å². The van der Waals surface area contributed by atoms with E-state index in [0.29, 0.717) is 0 Å². The molecule has 1 aliphatic rings. The van der Waals surface area contributed by atoms with Gasteiger partial charge in [-0.15, -0.1) is 0 Å². The van der Waals surface area contributed by atoms with E-state index in [9.17, 15) is 4.79 Å². The molecule has 1 aromatic carbocycles. The van der Waals surface area contributed by atoms with E-state index in [1.807, 2.05) is 28.9 Å². The van der Waals surface area contributed by atoms with Gasteiger partial charge < -0.3 is 0 Å². The van der Waals surface area contributed by atoms with Crippen LogP contribution in [0.4, 0.5) is 0 Å². The average Bonchev–Trinajstić information content (AvgIpc) is 2.90. The lowest BCUT2D eigenvalue weighted by atomic mass is 10.1. The van der Waals surface area contributed by atoms with Gasteiger partial charge in [0.25, 0.3) is 5.56 Å². The predicted molar refractivity (Wildman–Crippen MR) is 64.5 cm³/mol. The van der Waals surface area contributed by atoms with Gasteiger partial charge in [-0.25, -0.2) is 0 Å². The number of aromatic amines is 1. The highest BCUT2D eigenvalue weighted by atomic mass is 16.1. The zero-order chi connectivity index (χ0) is 11.0. The topological polar surface area (TPSA) is 37.8 Å². The fraction of sp³-hybridized carbons (Fsp3) is 0.462. The van der Waals surface area contributed by atoms with E-state index >= 15 is 0 Å². The van der Waals surface area contributed by atoms with E-state index < -0.39 is 0 Å². The molecule has 0 spiro atoms. The third kappa shape index (κ3) is 1.56. The second kappa shape index (κ2) is 3.81. The van der Waals surface area contributed by atoms with Crippen molar-refractivity contribution in [3.8, 4) is 0 Å². The van der Waals surface area contributed by atoms with E-state index in [4.69, 9.17) is 0 Å². The van der Waals surface area contributed by atoms with Crippen molar-refractivity contribution in [2.45, 2.75) is 32.2 Å². The standard InChI is InChI=1S/C13H16N2O/c16-13-11-7-3-4-8-12(11)15(14-13)9-10-5-1-2-6-10/h3-4,7-8,10H,1-2,5-6,9H2,(H,14,16). The lowest BCUT2D eigenvalue weighted by Gasteiger charge is -2.10. The molecule has 0 unspecified atom stereocenters. The van der Waals surface area contributed by atoms with Gasteiger partial charge >= 0.3 is 0 Å². The molecule has 1 aromatic heterocycles. The third-order valence-electron chi connectivity index (χ3n) is 3.59. The van der Waals surface area contributed by atoms with Crippen molar-refractivity contribution < 1.29 is 0 Å². The van der Waals surface area contributed by atoms with Crippen LogP contribution in [0, 0.1) is 5.92 Å². The minimum Gasteiger partial charge on any atom is -0.284 e. The molecule has 3 nitrogen and oxygen atoms in total. The van der Waals surface area contributed by atoms with Gasteiger partial charge in [-0.1, -0.05) is 25.0 Å². The first-order chi connectivity index (χ1) is 7.84. The molecule has 16 heavy (non-hydrogen) atoms. The fourth-order valence-corrected chi connectivity index (χ4v) is 2.74. The van der Waals surface area contributed by atoms with Gasteiger partial charge in [0.05, 0.1) is 10.9 Å². The van der Waals surface area contributed by atoms with Crippen LogP contribution in [0.3, 0.4) is 0 Å². The van der Waals surface area contributed by atoms with Gasteiger partial charge in [-0.2, -0.15) is 0 Å². The zero-order valence-corrected chi connectivity index (χ0v) is 9.28. The Labute approximate surface area is 94.1 Å². The van der Waals surface area contributed by atoms with Crippen LogP contribution in [-0.2, 0) is 6.54 Å². The largest absolute Gasteiger partial charge is 0.284 e. The molecule has 1 aliphatic carbocycles. The van der Waals surface area contributed by atoms with Gasteiger partial charge in [0.2, 0.25) is 0 Å². The number of rotatable bonds is 2. The van der Waals surface area contributed by atoms with Crippen molar-refractivity contribution in [3.63, 3.8) is 0 Å². The number of H-pyrrole nitrogens is 1. The Kier molecular flexibility index (Phi) is 2.31. The van der Waals surface area contributed by atoms with Crippen molar-refractivity contribution >= 4 is 10.9 Å². The number of para-hydroxylation sites is 1. The first-order valence-corrected chi connectivity index (χ1v) is 6.02. The van der Waals surface area contributed by atoms with Gasteiger partial charge in [0.15, 0.2) is 0 Å². The van der Waals surface area contributed by atoms with Gasteiger partial charge in [0.1, 0.15) is 0 Å². The normalized spacial score (nSPS) is 17.2. The van der Waals surface area contributed by atoms with E-state index in [2.05, 4.69) is 5.10 Å². The molecule has 84 valence electrons. The first-order valence-electron chi connectivity index (χ1n) is 6.02. The molecular formula is C13H16N2O. The maximum Gasteiger partial charge on any atom is 0.271 e. The van der Waals surface area contributed by atoms with Crippen molar-refractivity contribution in [1.29, 1.82) is 0 Å². The highest BCUT2D eigenvalue weighted by molar-refractivity contribution is 5.78. The Bertz CT molecular complexity index is 546. The Morgan fingerprint density at radius 3 is 2.81 bits per heavy atom. The fourth-order valence-electron chi connectivity index (χ4n) is 2.74. The van der Waals surface area contributed by atoms with Gasteiger partial charge in [-0.3, -0.25) is 14.6 Å². The Balaban J connectivity index is 2.00. The van der Waals surface area contributed by atoms with Crippen LogP contribution in [0.1, 0.15) is 25.7 Å². The number of hydrogen-bond acceptors (Lipinski definition) is 1. The van der Waals surface area contributed by atoms with Crippen LogP contribution in [0.25, 0.3) is 10.9 Å². The van der Waals surface area contributed by atoms with Crippen LogP contribution in [0.15, 0.2) is 29.1 Å². The minimum atomic E-state index is 0.0357. The van der Waals surface area contributed by atoms with E-state index in [1.165, 1.54) is 25.7 Å². The van der Waals surface area contributed by atoms with E-state index in [-0.39, 0.29) is 5.56 Å². The number of hydrogen-bond donors (Lipinski definition) is 1. The number of nitrogens with zero attached hydrogens (tertiary/aromatic N) is 1. The summed E-state index contributed by atoms with van der Waals surface area (Å²) in [4.78, 5) is 11.7. The molecule has 1 saturated carbocycles. The molecule has 0 amide bonds. The molecule has 0 aliphatic heterocycles. The minimum absolute atomic E-state index is 0.0357. The molecule has 0 bridgehead atoms. The number of aromatic nitrogens is 2. The van der Waals surface area contributed by atoms with Crippen molar-refractivity contribution in [2.75, 3.05) is 0 Å². The number of benzene rings is 1. The van der Waals surface area contributed by atoms with Gasteiger partial charge in [0, 0.05) is 6.54 Å². The molecule has 1 N–H and O–H groups in total. The summed E-state index contributed by atoms with van der Waals surface area (Å²) in [5.74, 6) is 0.742. The summed E-state index contributed by atoms with van der Waals surface area (Å²) in [6.45, 7) is 0.961. The summed E-state index contributed by atoms with van der Waals surface area (Å²) in [5, 5.41) is 3.75. The van der Waals surface area contributed by atoms with Crippen molar-refractivity contribution in [1.82, 2.24) is 9.78 Å². The summed E-state index contributed by atoms with van der Waals surface area (Å²) in [7, 11) is 0. The number of nitrogens with one attached hydrogen (secondary N) is 1. The molecule has 2 aromatic rings. The first kappa shape index (κ1) is 9.70. The lowest BCUT2D eigenvalue weighted by Crippen LogP contribution is -2.11. The maximum absolute atomic E-state index is 11.7. The SMILES string of the molecule is O=c1[nH]n(CC2CCCC2)c2ccccc12. The van der Waals surface area contributed by atoms with Crippen LogP contribution in [0.5, 0.6) is 0 Å². The second-order valence-corrected chi connectivity index (χ2v) is 4.72. The molecular weight excluding hydrogens is 200 g/mol.